The number of hydrogen-bond acceptors (Lipinski definition) is 4. The van der Waals surface area contributed by atoms with Gasteiger partial charge in [-0.05, 0) is 18.2 Å². The Kier molecular flexibility index (Phi) is 3.96. The highest BCUT2D eigenvalue weighted by Gasteiger charge is 2.11. The summed E-state index contributed by atoms with van der Waals surface area (Å²) in [5.74, 6) is -0.910. The normalized spacial score (nSPS) is 11.2. The van der Waals surface area contributed by atoms with Gasteiger partial charge in [0.25, 0.3) is 5.91 Å². The molecule has 86 valence electrons. The van der Waals surface area contributed by atoms with E-state index in [1.165, 1.54) is 18.2 Å². The fourth-order valence-corrected chi connectivity index (χ4v) is 1.16. The predicted octanol–water partition coefficient (Wildman–Crippen LogP) is 0.522. The molecular formula is C9H10ClN3O3. The second-order valence-electron chi connectivity index (χ2n) is 2.94. The monoisotopic (exact) mass is 243 g/mol. The van der Waals surface area contributed by atoms with Crippen LogP contribution in [0.25, 0.3) is 0 Å². The van der Waals surface area contributed by atoms with E-state index in [-0.39, 0.29) is 23.7 Å². The van der Waals surface area contributed by atoms with Crippen LogP contribution in [-0.4, -0.2) is 28.6 Å². The Morgan fingerprint density at radius 2 is 2.25 bits per heavy atom. The molecule has 0 fully saturated rings. The first kappa shape index (κ1) is 12.1. The van der Waals surface area contributed by atoms with Gasteiger partial charge in [0.2, 0.25) is 0 Å². The summed E-state index contributed by atoms with van der Waals surface area (Å²) in [6.45, 7) is -0.114. The third kappa shape index (κ3) is 3.03. The smallest absolute Gasteiger partial charge is 0.255 e. The van der Waals surface area contributed by atoms with Gasteiger partial charge in [0, 0.05) is 5.02 Å². The van der Waals surface area contributed by atoms with Crippen molar-refractivity contribution in [2.45, 2.75) is 0 Å². The minimum atomic E-state index is -0.541. The molecule has 0 aliphatic rings. The van der Waals surface area contributed by atoms with Crippen molar-refractivity contribution in [2.75, 3.05) is 6.54 Å². The van der Waals surface area contributed by atoms with Crippen LogP contribution in [-0.2, 0) is 0 Å². The Hall–Kier alpha value is -1.95. The summed E-state index contributed by atoms with van der Waals surface area (Å²) in [5, 5.41) is 23.0. The summed E-state index contributed by atoms with van der Waals surface area (Å²) in [7, 11) is 0. The lowest BCUT2D eigenvalue weighted by atomic mass is 10.2. The van der Waals surface area contributed by atoms with Crippen LogP contribution in [0.3, 0.4) is 0 Å². The van der Waals surface area contributed by atoms with E-state index < -0.39 is 5.91 Å². The van der Waals surface area contributed by atoms with Crippen LogP contribution in [0.5, 0.6) is 5.75 Å². The maximum absolute atomic E-state index is 11.5. The lowest BCUT2D eigenvalue weighted by molar-refractivity contribution is 0.0956. The fourth-order valence-electron chi connectivity index (χ4n) is 0.998. The number of phenols is 1. The van der Waals surface area contributed by atoms with Gasteiger partial charge in [-0.25, -0.2) is 0 Å². The van der Waals surface area contributed by atoms with Gasteiger partial charge in [0.15, 0.2) is 5.84 Å². The Bertz CT molecular complexity index is 434. The summed E-state index contributed by atoms with van der Waals surface area (Å²) >= 11 is 5.61. The number of aromatic hydroxyl groups is 1. The van der Waals surface area contributed by atoms with E-state index in [1.54, 1.807) is 0 Å². The number of amides is 1. The van der Waals surface area contributed by atoms with Crippen LogP contribution < -0.4 is 11.1 Å². The molecule has 0 aliphatic carbocycles. The van der Waals surface area contributed by atoms with E-state index in [0.29, 0.717) is 5.02 Å². The molecule has 1 aromatic rings. The summed E-state index contributed by atoms with van der Waals surface area (Å²) in [6.07, 6.45) is 0. The molecule has 7 heteroatoms. The standard InChI is InChI=1S/C9H10ClN3O3/c10-5-1-2-6(7(14)3-5)9(15)12-4-8(11)13-16/h1-3,14,16H,4H2,(H2,11,13)(H,12,15). The molecule has 16 heavy (non-hydrogen) atoms. The molecule has 1 amide bonds. The maximum Gasteiger partial charge on any atom is 0.255 e. The van der Waals surface area contributed by atoms with E-state index in [1.807, 2.05) is 0 Å². The number of nitrogens with one attached hydrogen (secondary N) is 1. The van der Waals surface area contributed by atoms with E-state index in [2.05, 4.69) is 10.5 Å². The van der Waals surface area contributed by atoms with Crippen molar-refractivity contribution >= 4 is 23.3 Å². The number of rotatable bonds is 3. The minimum absolute atomic E-state index is 0.0649. The number of oxime groups is 1. The van der Waals surface area contributed by atoms with Crippen molar-refractivity contribution < 1.29 is 15.1 Å². The molecule has 0 radical (unpaired) electrons. The highest BCUT2D eigenvalue weighted by Crippen LogP contribution is 2.21. The molecule has 0 saturated carbocycles. The molecule has 1 aromatic carbocycles. The highest BCUT2D eigenvalue weighted by molar-refractivity contribution is 6.30. The lowest BCUT2D eigenvalue weighted by Gasteiger charge is -2.05. The Labute approximate surface area is 96.3 Å². The third-order valence-electron chi connectivity index (χ3n) is 1.76. The highest BCUT2D eigenvalue weighted by atomic mass is 35.5. The SMILES string of the molecule is N/C(CNC(=O)c1ccc(Cl)cc1O)=N\O. The van der Waals surface area contributed by atoms with Gasteiger partial charge >= 0.3 is 0 Å². The number of nitrogens with two attached hydrogens (primary N) is 1. The quantitative estimate of drug-likeness (QED) is 0.269. The third-order valence-corrected chi connectivity index (χ3v) is 2.00. The van der Waals surface area contributed by atoms with Crippen LogP contribution in [0.1, 0.15) is 10.4 Å². The Morgan fingerprint density at radius 1 is 1.56 bits per heavy atom. The maximum atomic E-state index is 11.5. The number of benzene rings is 1. The van der Waals surface area contributed by atoms with E-state index in [4.69, 9.17) is 22.5 Å². The van der Waals surface area contributed by atoms with Crippen molar-refractivity contribution in [3.05, 3.63) is 28.8 Å². The lowest BCUT2D eigenvalue weighted by Crippen LogP contribution is -2.33. The van der Waals surface area contributed by atoms with E-state index in [0.717, 1.165) is 0 Å². The van der Waals surface area contributed by atoms with Gasteiger partial charge in [-0.3, -0.25) is 4.79 Å². The van der Waals surface area contributed by atoms with E-state index >= 15 is 0 Å². The van der Waals surface area contributed by atoms with Crippen molar-refractivity contribution in [3.8, 4) is 5.75 Å². The molecule has 0 aliphatic heterocycles. The van der Waals surface area contributed by atoms with Crippen LogP contribution in [0.15, 0.2) is 23.4 Å². The summed E-state index contributed by atoms with van der Waals surface area (Å²) in [6, 6.07) is 4.10. The second-order valence-corrected chi connectivity index (χ2v) is 3.37. The first-order valence-electron chi connectivity index (χ1n) is 4.27. The van der Waals surface area contributed by atoms with Crippen molar-refractivity contribution in [1.82, 2.24) is 5.32 Å². The number of carbonyl (C=O) groups is 1. The van der Waals surface area contributed by atoms with Crippen LogP contribution in [0, 0.1) is 0 Å². The van der Waals surface area contributed by atoms with Crippen molar-refractivity contribution in [1.29, 1.82) is 0 Å². The molecule has 0 heterocycles. The predicted molar refractivity (Wildman–Crippen MR) is 58.9 cm³/mol. The average molecular weight is 244 g/mol. The van der Waals surface area contributed by atoms with Gasteiger partial charge < -0.3 is 21.4 Å². The molecule has 0 saturated heterocycles. The topological polar surface area (TPSA) is 108 Å². The Balaban J connectivity index is 2.74. The van der Waals surface area contributed by atoms with E-state index in [9.17, 15) is 9.90 Å². The van der Waals surface area contributed by atoms with Crippen molar-refractivity contribution in [3.63, 3.8) is 0 Å². The molecule has 0 bridgehead atoms. The second kappa shape index (κ2) is 5.22. The first-order valence-corrected chi connectivity index (χ1v) is 4.65. The molecule has 0 spiro atoms. The minimum Gasteiger partial charge on any atom is -0.507 e. The first-order chi connectivity index (χ1) is 7.54. The van der Waals surface area contributed by atoms with Gasteiger partial charge in [-0.15, -0.1) is 0 Å². The average Bonchev–Trinajstić information content (AvgIpc) is 2.25. The number of nitrogens with zero attached hydrogens (tertiary/aromatic N) is 1. The molecule has 0 aromatic heterocycles. The van der Waals surface area contributed by atoms with Crippen LogP contribution in [0.2, 0.25) is 5.02 Å². The van der Waals surface area contributed by atoms with Gasteiger partial charge in [-0.2, -0.15) is 0 Å². The zero-order chi connectivity index (χ0) is 12.1. The molecule has 6 nitrogen and oxygen atoms in total. The van der Waals surface area contributed by atoms with Crippen molar-refractivity contribution in [2.24, 2.45) is 10.9 Å². The number of hydrogen-bond donors (Lipinski definition) is 4. The zero-order valence-corrected chi connectivity index (χ0v) is 8.90. The summed E-state index contributed by atoms with van der Waals surface area (Å²) in [5.41, 5.74) is 5.23. The van der Waals surface area contributed by atoms with Gasteiger partial charge in [0.05, 0.1) is 12.1 Å². The van der Waals surface area contributed by atoms with Gasteiger partial charge in [0.1, 0.15) is 5.75 Å². The Morgan fingerprint density at radius 3 is 2.81 bits per heavy atom. The molecule has 0 unspecified atom stereocenters. The number of carbonyl (C=O) groups excluding carboxylic acids is 1. The fraction of sp³-hybridized carbons (Fsp3) is 0.111. The molecule has 1 rings (SSSR count). The number of amidine groups is 1. The number of halogens is 1. The summed E-state index contributed by atoms with van der Waals surface area (Å²) < 4.78 is 0. The summed E-state index contributed by atoms with van der Waals surface area (Å²) in [4.78, 5) is 11.5. The molecular weight excluding hydrogens is 234 g/mol. The van der Waals surface area contributed by atoms with Gasteiger partial charge in [-0.1, -0.05) is 16.8 Å². The van der Waals surface area contributed by atoms with Crippen LogP contribution >= 0.6 is 11.6 Å². The zero-order valence-electron chi connectivity index (χ0n) is 8.14. The number of phenolic OH excluding ortho intramolecular Hbond substituents is 1. The molecule has 5 N–H and O–H groups in total. The van der Waals surface area contributed by atoms with Crippen LogP contribution in [0.4, 0.5) is 0 Å². The molecule has 0 atom stereocenters. The largest absolute Gasteiger partial charge is 0.507 e.